The lowest BCUT2D eigenvalue weighted by atomic mass is 10.0. The van der Waals surface area contributed by atoms with Crippen LogP contribution in [0.3, 0.4) is 0 Å². The van der Waals surface area contributed by atoms with Crippen molar-refractivity contribution in [2.24, 2.45) is 0 Å². The van der Waals surface area contributed by atoms with Crippen molar-refractivity contribution in [2.75, 3.05) is 20.2 Å². The molecule has 4 nitrogen and oxygen atoms in total. The van der Waals surface area contributed by atoms with Gasteiger partial charge in [-0.1, -0.05) is 13.3 Å². The molecule has 0 saturated carbocycles. The first kappa shape index (κ1) is 13.0. The Morgan fingerprint density at radius 1 is 1.40 bits per heavy atom. The average Bonchev–Trinajstić information content (AvgIpc) is 2.85. The van der Waals surface area contributed by atoms with Gasteiger partial charge in [-0.05, 0) is 36.6 Å². The molecule has 1 aliphatic rings. The summed E-state index contributed by atoms with van der Waals surface area (Å²) in [7, 11) is 1.66. The molecule has 3 rings (SSSR count). The fourth-order valence-corrected chi connectivity index (χ4v) is 2.86. The molecule has 1 aliphatic heterocycles. The number of ether oxygens (including phenoxy) is 1. The molecule has 1 N–H and O–H groups in total. The van der Waals surface area contributed by atoms with E-state index in [9.17, 15) is 4.79 Å². The van der Waals surface area contributed by atoms with E-state index >= 15 is 0 Å². The van der Waals surface area contributed by atoms with Crippen LogP contribution in [-0.2, 0) is 6.42 Å². The summed E-state index contributed by atoms with van der Waals surface area (Å²) in [5.41, 5.74) is 2.91. The van der Waals surface area contributed by atoms with Gasteiger partial charge in [0.25, 0.3) is 5.91 Å². The first-order valence-corrected chi connectivity index (χ1v) is 7.22. The topological polar surface area (TPSA) is 45.3 Å². The number of carbonyl (C=O) groups excluding carboxylic acids is 1. The van der Waals surface area contributed by atoms with Crippen LogP contribution in [-0.4, -0.2) is 36.0 Å². The Labute approximate surface area is 118 Å². The summed E-state index contributed by atoms with van der Waals surface area (Å²) < 4.78 is 5.27. The maximum absolute atomic E-state index is 12.5. The molecule has 0 saturated heterocycles. The minimum absolute atomic E-state index is 0.134. The third-order valence-corrected chi connectivity index (χ3v) is 4.03. The molecule has 1 aromatic carbocycles. The highest BCUT2D eigenvalue weighted by atomic mass is 16.5. The van der Waals surface area contributed by atoms with Gasteiger partial charge in [0.15, 0.2) is 0 Å². The van der Waals surface area contributed by atoms with E-state index in [0.717, 1.165) is 60.3 Å². The first-order chi connectivity index (χ1) is 9.74. The molecule has 4 heteroatoms. The van der Waals surface area contributed by atoms with Gasteiger partial charge in [-0.2, -0.15) is 0 Å². The predicted molar refractivity (Wildman–Crippen MR) is 79.4 cm³/mol. The van der Waals surface area contributed by atoms with Gasteiger partial charge >= 0.3 is 0 Å². The summed E-state index contributed by atoms with van der Waals surface area (Å²) in [6.45, 7) is 3.82. The monoisotopic (exact) mass is 272 g/mol. The molecule has 0 atom stereocenters. The number of unbranched alkanes of at least 4 members (excludes halogenated alkanes) is 1. The van der Waals surface area contributed by atoms with Crippen molar-refractivity contribution < 1.29 is 9.53 Å². The number of hydrogen-bond donors (Lipinski definition) is 1. The number of nitrogens with zero attached hydrogens (tertiary/aromatic N) is 1. The molecule has 106 valence electrons. The number of aromatic nitrogens is 1. The number of hydrogen-bond acceptors (Lipinski definition) is 2. The molecular weight excluding hydrogens is 252 g/mol. The number of nitrogens with one attached hydrogen (secondary N) is 1. The Bertz CT molecular complexity index is 645. The minimum Gasteiger partial charge on any atom is -0.497 e. The van der Waals surface area contributed by atoms with Gasteiger partial charge in [-0.25, -0.2) is 0 Å². The highest BCUT2D eigenvalue weighted by Crippen LogP contribution is 2.30. The van der Waals surface area contributed by atoms with E-state index < -0.39 is 0 Å². The van der Waals surface area contributed by atoms with Crippen LogP contribution in [0.15, 0.2) is 18.2 Å². The summed E-state index contributed by atoms with van der Waals surface area (Å²) in [5, 5.41) is 1.11. The maximum atomic E-state index is 12.5. The Balaban J connectivity index is 1.99. The van der Waals surface area contributed by atoms with Crippen LogP contribution in [0.4, 0.5) is 0 Å². The smallest absolute Gasteiger partial charge is 0.270 e. The van der Waals surface area contributed by atoms with Crippen molar-refractivity contribution >= 4 is 16.8 Å². The highest BCUT2D eigenvalue weighted by Gasteiger charge is 2.27. The molecule has 1 amide bonds. The highest BCUT2D eigenvalue weighted by molar-refractivity contribution is 6.02. The molecule has 0 radical (unpaired) electrons. The quantitative estimate of drug-likeness (QED) is 0.930. The minimum atomic E-state index is 0.134. The summed E-state index contributed by atoms with van der Waals surface area (Å²) >= 11 is 0. The Morgan fingerprint density at radius 3 is 3.00 bits per heavy atom. The summed E-state index contributed by atoms with van der Waals surface area (Å²) in [6, 6.07) is 5.92. The zero-order valence-electron chi connectivity index (χ0n) is 12.0. The van der Waals surface area contributed by atoms with Crippen LogP contribution in [0.5, 0.6) is 5.75 Å². The van der Waals surface area contributed by atoms with Crippen LogP contribution in [0.2, 0.25) is 0 Å². The third-order valence-electron chi connectivity index (χ3n) is 4.03. The van der Waals surface area contributed by atoms with E-state index in [1.807, 2.05) is 23.1 Å². The largest absolute Gasteiger partial charge is 0.497 e. The van der Waals surface area contributed by atoms with E-state index in [1.54, 1.807) is 7.11 Å². The van der Waals surface area contributed by atoms with Crippen LogP contribution in [0.25, 0.3) is 10.9 Å². The number of rotatable bonds is 4. The van der Waals surface area contributed by atoms with Gasteiger partial charge in [0, 0.05) is 24.0 Å². The Morgan fingerprint density at radius 2 is 2.25 bits per heavy atom. The summed E-state index contributed by atoms with van der Waals surface area (Å²) in [5.74, 6) is 0.968. The van der Waals surface area contributed by atoms with E-state index in [-0.39, 0.29) is 5.91 Å². The van der Waals surface area contributed by atoms with Crippen molar-refractivity contribution in [1.82, 2.24) is 9.88 Å². The van der Waals surface area contributed by atoms with Crippen molar-refractivity contribution in [1.29, 1.82) is 0 Å². The van der Waals surface area contributed by atoms with Crippen LogP contribution in [0.1, 0.15) is 35.8 Å². The molecule has 1 aromatic heterocycles. The maximum Gasteiger partial charge on any atom is 0.270 e. The van der Waals surface area contributed by atoms with E-state index in [0.29, 0.717) is 0 Å². The Hall–Kier alpha value is -1.97. The number of methoxy groups -OCH3 is 1. The lowest BCUT2D eigenvalue weighted by molar-refractivity contribution is 0.0732. The second-order valence-corrected chi connectivity index (χ2v) is 5.29. The Kier molecular flexibility index (Phi) is 3.38. The predicted octanol–water partition coefficient (Wildman–Crippen LogP) is 2.97. The second kappa shape index (κ2) is 5.19. The van der Waals surface area contributed by atoms with Crippen molar-refractivity contribution in [3.8, 4) is 5.75 Å². The van der Waals surface area contributed by atoms with Gasteiger partial charge in [-0.3, -0.25) is 4.79 Å². The van der Waals surface area contributed by atoms with Crippen LogP contribution in [0, 0.1) is 0 Å². The van der Waals surface area contributed by atoms with E-state index in [4.69, 9.17) is 4.74 Å². The van der Waals surface area contributed by atoms with Gasteiger partial charge in [0.1, 0.15) is 11.4 Å². The number of benzene rings is 1. The second-order valence-electron chi connectivity index (χ2n) is 5.29. The molecule has 0 spiro atoms. The zero-order chi connectivity index (χ0) is 14.1. The lowest BCUT2D eigenvalue weighted by Crippen LogP contribution is -2.38. The molecule has 2 heterocycles. The lowest BCUT2D eigenvalue weighted by Gasteiger charge is -2.26. The molecule has 0 unspecified atom stereocenters. The number of H-pyrrole nitrogens is 1. The fourth-order valence-electron chi connectivity index (χ4n) is 2.86. The van der Waals surface area contributed by atoms with Gasteiger partial charge in [-0.15, -0.1) is 0 Å². The SMILES string of the molecule is CCCCN1CCc2c([nH]c3ccc(OC)cc23)C1=O. The number of amides is 1. The standard InChI is InChI=1S/C16H20N2O2/c1-3-4-8-18-9-7-12-13-10-11(20-2)5-6-14(13)17-15(12)16(18)19/h5-6,10,17H,3-4,7-9H2,1-2H3. The summed E-state index contributed by atoms with van der Waals surface area (Å²) in [6.07, 6.45) is 3.09. The van der Waals surface area contributed by atoms with Crippen molar-refractivity contribution in [3.05, 3.63) is 29.5 Å². The van der Waals surface area contributed by atoms with Crippen molar-refractivity contribution in [2.45, 2.75) is 26.2 Å². The van der Waals surface area contributed by atoms with E-state index in [2.05, 4.69) is 11.9 Å². The molecular formula is C16H20N2O2. The zero-order valence-corrected chi connectivity index (χ0v) is 12.0. The van der Waals surface area contributed by atoms with Crippen LogP contribution < -0.4 is 4.74 Å². The summed E-state index contributed by atoms with van der Waals surface area (Å²) in [4.78, 5) is 17.7. The third kappa shape index (κ3) is 2.05. The number of carbonyl (C=O) groups is 1. The fraction of sp³-hybridized carbons (Fsp3) is 0.438. The number of fused-ring (bicyclic) bond motifs is 3. The average molecular weight is 272 g/mol. The first-order valence-electron chi connectivity index (χ1n) is 7.22. The van der Waals surface area contributed by atoms with Gasteiger partial charge < -0.3 is 14.6 Å². The molecule has 20 heavy (non-hydrogen) atoms. The van der Waals surface area contributed by atoms with Gasteiger partial charge in [0.05, 0.1) is 7.11 Å². The van der Waals surface area contributed by atoms with Crippen LogP contribution >= 0.6 is 0 Å². The molecule has 0 aliphatic carbocycles. The van der Waals surface area contributed by atoms with E-state index in [1.165, 1.54) is 0 Å². The number of aromatic amines is 1. The van der Waals surface area contributed by atoms with Crippen molar-refractivity contribution in [3.63, 3.8) is 0 Å². The molecule has 0 bridgehead atoms. The molecule has 0 fully saturated rings. The van der Waals surface area contributed by atoms with Gasteiger partial charge in [0.2, 0.25) is 0 Å². The normalized spacial score (nSPS) is 14.7. The molecule has 2 aromatic rings.